The maximum atomic E-state index is 13.7. The Morgan fingerprint density at radius 2 is 1.74 bits per heavy atom. The largest absolute Gasteiger partial charge is 0.507 e. The molecule has 0 radical (unpaired) electrons. The molecular weight excluding hydrogens is 512 g/mol. The number of carbonyl (C=O) groups excluding carboxylic acids is 2. The number of benzene rings is 3. The van der Waals surface area contributed by atoms with Crippen LogP contribution in [0.5, 0.6) is 5.75 Å². The summed E-state index contributed by atoms with van der Waals surface area (Å²) in [6.45, 7) is 10.5. The minimum absolute atomic E-state index is 0.0341. The van der Waals surface area contributed by atoms with Crippen molar-refractivity contribution >= 4 is 45.6 Å². The monoisotopic (exact) mass is 542 g/mol. The quantitative estimate of drug-likeness (QED) is 0.156. The summed E-state index contributed by atoms with van der Waals surface area (Å²) < 4.78 is 5.85. The van der Waals surface area contributed by atoms with Crippen LogP contribution in [0.25, 0.3) is 16.7 Å². The zero-order valence-corrected chi connectivity index (χ0v) is 23.4. The Hall–Kier alpha value is -4.03. The minimum atomic E-state index is -0.855. The Morgan fingerprint density at radius 1 is 1.05 bits per heavy atom. The van der Waals surface area contributed by atoms with E-state index in [-0.39, 0.29) is 16.7 Å². The van der Waals surface area contributed by atoms with Gasteiger partial charge in [-0.1, -0.05) is 50.6 Å². The third kappa shape index (κ3) is 4.59. The van der Waals surface area contributed by atoms with Crippen LogP contribution in [0.4, 0.5) is 5.69 Å². The average molecular weight is 543 g/mol. The molecule has 1 aromatic heterocycles. The molecule has 1 aliphatic heterocycles. The van der Waals surface area contributed by atoms with E-state index in [1.54, 1.807) is 36.4 Å². The van der Waals surface area contributed by atoms with Gasteiger partial charge >= 0.3 is 0 Å². The molecule has 0 bridgehead atoms. The van der Waals surface area contributed by atoms with Crippen molar-refractivity contribution in [1.82, 2.24) is 4.98 Å². The van der Waals surface area contributed by atoms with Crippen molar-refractivity contribution in [3.8, 4) is 5.75 Å². The molecule has 200 valence electrons. The number of fused-ring (bicyclic) bond motifs is 1. The Kier molecular flexibility index (Phi) is 6.77. The van der Waals surface area contributed by atoms with E-state index in [1.165, 1.54) is 4.90 Å². The summed E-state index contributed by atoms with van der Waals surface area (Å²) in [5, 5.41) is 13.2. The van der Waals surface area contributed by atoms with E-state index in [1.807, 2.05) is 44.2 Å². The number of Topliss-reactive ketones (excluding diaryl/α,β-unsaturated/α-hetero) is 1. The predicted molar refractivity (Wildman–Crippen MR) is 156 cm³/mol. The van der Waals surface area contributed by atoms with E-state index >= 15 is 0 Å². The molecular formula is C32H31ClN2O4. The summed E-state index contributed by atoms with van der Waals surface area (Å²) in [4.78, 5) is 32.2. The van der Waals surface area contributed by atoms with E-state index < -0.39 is 17.7 Å². The lowest BCUT2D eigenvalue weighted by atomic mass is 9.84. The highest BCUT2D eigenvalue weighted by Gasteiger charge is 2.48. The summed E-state index contributed by atoms with van der Waals surface area (Å²) in [5.41, 5.74) is 4.02. The molecule has 3 aromatic carbocycles. The molecule has 39 heavy (non-hydrogen) atoms. The fraction of sp³-hybridized carbons (Fsp3) is 0.250. The number of aromatic amines is 1. The second-order valence-electron chi connectivity index (χ2n) is 10.7. The maximum Gasteiger partial charge on any atom is 0.300 e. The van der Waals surface area contributed by atoms with Crippen LogP contribution in [0.2, 0.25) is 5.02 Å². The lowest BCUT2D eigenvalue weighted by Crippen LogP contribution is -2.29. The minimum Gasteiger partial charge on any atom is -0.507 e. The van der Waals surface area contributed by atoms with Crippen LogP contribution < -0.4 is 9.64 Å². The highest BCUT2D eigenvalue weighted by molar-refractivity contribution is 6.52. The SMILES string of the molecule is CCOc1ccc(/C(O)=C2\C(=O)C(=O)N(c3ccc(Cl)cc3)C2c2c(C)[nH]c3ccccc23)cc1C(C)(C)C. The number of hydrogen-bond acceptors (Lipinski definition) is 4. The zero-order valence-electron chi connectivity index (χ0n) is 22.6. The number of aliphatic hydroxyl groups excluding tert-OH is 1. The van der Waals surface area contributed by atoms with E-state index in [0.717, 1.165) is 27.7 Å². The van der Waals surface area contributed by atoms with Gasteiger partial charge in [0.05, 0.1) is 18.2 Å². The number of nitrogens with zero attached hydrogens (tertiary/aromatic N) is 1. The molecule has 0 aliphatic carbocycles. The van der Waals surface area contributed by atoms with E-state index in [4.69, 9.17) is 16.3 Å². The first kappa shape index (κ1) is 26.6. The van der Waals surface area contributed by atoms with Crippen LogP contribution in [0.3, 0.4) is 0 Å². The zero-order chi connectivity index (χ0) is 28.1. The number of ether oxygens (including phenoxy) is 1. The maximum absolute atomic E-state index is 13.7. The number of aliphatic hydroxyl groups is 1. The van der Waals surface area contributed by atoms with Crippen molar-refractivity contribution in [2.24, 2.45) is 0 Å². The Bertz CT molecular complexity index is 1630. The molecule has 2 heterocycles. The van der Waals surface area contributed by atoms with Gasteiger partial charge in [0.15, 0.2) is 0 Å². The average Bonchev–Trinajstić information content (AvgIpc) is 3.36. The van der Waals surface area contributed by atoms with Crippen LogP contribution in [-0.2, 0) is 15.0 Å². The highest BCUT2D eigenvalue weighted by atomic mass is 35.5. The Labute approximate surface area is 232 Å². The van der Waals surface area contributed by atoms with Crippen LogP contribution in [-0.4, -0.2) is 28.4 Å². The van der Waals surface area contributed by atoms with Crippen molar-refractivity contribution < 1.29 is 19.4 Å². The van der Waals surface area contributed by atoms with Crippen molar-refractivity contribution in [3.63, 3.8) is 0 Å². The molecule has 0 spiro atoms. The fourth-order valence-corrected chi connectivity index (χ4v) is 5.45. The van der Waals surface area contributed by atoms with Gasteiger partial charge in [-0.05, 0) is 67.8 Å². The van der Waals surface area contributed by atoms with Gasteiger partial charge in [-0.25, -0.2) is 0 Å². The van der Waals surface area contributed by atoms with Gasteiger partial charge in [0.1, 0.15) is 11.5 Å². The van der Waals surface area contributed by atoms with Gasteiger partial charge in [0.25, 0.3) is 11.7 Å². The number of aromatic nitrogens is 1. The molecule has 1 aliphatic rings. The molecule has 1 saturated heterocycles. The summed E-state index contributed by atoms with van der Waals surface area (Å²) in [6.07, 6.45) is 0. The van der Waals surface area contributed by atoms with Gasteiger partial charge in [0, 0.05) is 44.0 Å². The molecule has 5 rings (SSSR count). The van der Waals surface area contributed by atoms with Crippen molar-refractivity contribution in [2.75, 3.05) is 11.5 Å². The molecule has 6 nitrogen and oxygen atoms in total. The standard InChI is InChI=1S/C32H31ClN2O4/c1-6-39-25-16-11-19(17-23(25)32(3,4)5)29(36)27-28(26-18(2)34-24-10-8-7-9-22(24)26)35(31(38)30(27)37)21-14-12-20(33)13-15-21/h7-17,28,34,36H,6H2,1-5H3/b29-27+. The highest BCUT2D eigenvalue weighted by Crippen LogP contribution is 2.46. The van der Waals surface area contributed by atoms with Crippen LogP contribution in [0.1, 0.15) is 56.1 Å². The van der Waals surface area contributed by atoms with Crippen molar-refractivity contribution in [3.05, 3.63) is 99.7 Å². The summed E-state index contributed by atoms with van der Waals surface area (Å²) in [7, 11) is 0. The smallest absolute Gasteiger partial charge is 0.300 e. The Morgan fingerprint density at radius 3 is 2.41 bits per heavy atom. The van der Waals surface area contributed by atoms with Crippen molar-refractivity contribution in [1.29, 1.82) is 0 Å². The van der Waals surface area contributed by atoms with Crippen LogP contribution in [0, 0.1) is 6.92 Å². The molecule has 1 fully saturated rings. The number of halogens is 1. The number of carbonyl (C=O) groups is 2. The predicted octanol–water partition coefficient (Wildman–Crippen LogP) is 7.45. The first-order valence-electron chi connectivity index (χ1n) is 12.9. The van der Waals surface area contributed by atoms with Gasteiger partial charge in [-0.3, -0.25) is 14.5 Å². The van der Waals surface area contributed by atoms with Gasteiger partial charge in [-0.15, -0.1) is 0 Å². The second kappa shape index (κ2) is 9.93. The summed E-state index contributed by atoms with van der Waals surface area (Å²) >= 11 is 6.13. The first-order chi connectivity index (χ1) is 18.5. The first-order valence-corrected chi connectivity index (χ1v) is 13.3. The summed E-state index contributed by atoms with van der Waals surface area (Å²) in [5.74, 6) is -0.973. The summed E-state index contributed by atoms with van der Waals surface area (Å²) in [6, 6.07) is 19.0. The lowest BCUT2D eigenvalue weighted by Gasteiger charge is -2.26. The van der Waals surface area contributed by atoms with Gasteiger partial charge in [-0.2, -0.15) is 0 Å². The number of hydrogen-bond donors (Lipinski definition) is 2. The van der Waals surface area contributed by atoms with E-state index in [2.05, 4.69) is 25.8 Å². The van der Waals surface area contributed by atoms with Gasteiger partial charge < -0.3 is 14.8 Å². The molecule has 1 unspecified atom stereocenters. The number of H-pyrrole nitrogens is 1. The third-order valence-corrected chi connectivity index (χ3v) is 7.38. The molecule has 2 N–H and O–H groups in total. The van der Waals surface area contributed by atoms with Crippen molar-refractivity contribution in [2.45, 2.75) is 46.1 Å². The second-order valence-corrected chi connectivity index (χ2v) is 11.2. The molecule has 1 amide bonds. The molecule has 4 aromatic rings. The van der Waals surface area contributed by atoms with E-state index in [0.29, 0.717) is 28.6 Å². The molecule has 0 saturated carbocycles. The number of nitrogens with one attached hydrogen (secondary N) is 1. The Balaban J connectivity index is 1.79. The fourth-order valence-electron chi connectivity index (χ4n) is 5.32. The number of ketones is 1. The van der Waals surface area contributed by atoms with Gasteiger partial charge in [0.2, 0.25) is 0 Å². The lowest BCUT2D eigenvalue weighted by molar-refractivity contribution is -0.132. The number of rotatable bonds is 5. The normalized spacial score (nSPS) is 17.3. The third-order valence-electron chi connectivity index (χ3n) is 7.13. The number of para-hydroxylation sites is 1. The molecule has 1 atom stereocenters. The van der Waals surface area contributed by atoms with Crippen LogP contribution in [0.15, 0.2) is 72.3 Å². The number of amides is 1. The van der Waals surface area contributed by atoms with E-state index in [9.17, 15) is 14.7 Å². The number of anilines is 1. The topological polar surface area (TPSA) is 82.6 Å². The van der Waals surface area contributed by atoms with Crippen LogP contribution >= 0.6 is 11.6 Å². The molecule has 7 heteroatoms. The number of aryl methyl sites for hydroxylation is 1.